The average Bonchev–Trinajstić information content (AvgIpc) is 3.22. The Morgan fingerprint density at radius 2 is 2.00 bits per heavy atom. The summed E-state index contributed by atoms with van der Waals surface area (Å²) in [6.07, 6.45) is 0.742. The maximum atomic E-state index is 12.5. The van der Waals surface area contributed by atoms with Gasteiger partial charge in [0.2, 0.25) is 5.91 Å². The van der Waals surface area contributed by atoms with Crippen LogP contribution in [0.2, 0.25) is 0 Å². The number of benzene rings is 1. The van der Waals surface area contributed by atoms with Crippen molar-refractivity contribution in [3.05, 3.63) is 57.8 Å². The fourth-order valence-corrected chi connectivity index (χ4v) is 3.90. The van der Waals surface area contributed by atoms with E-state index in [-0.39, 0.29) is 24.2 Å². The number of carboxylic acid groups (broad SMARTS) is 1. The van der Waals surface area contributed by atoms with E-state index in [1.54, 1.807) is 11.3 Å². The van der Waals surface area contributed by atoms with Crippen LogP contribution in [-0.4, -0.2) is 17.0 Å². The van der Waals surface area contributed by atoms with Gasteiger partial charge in [-0.3, -0.25) is 9.59 Å². The molecule has 3 rings (SSSR count). The van der Waals surface area contributed by atoms with Crippen molar-refractivity contribution in [3.63, 3.8) is 0 Å². The number of rotatable bonds is 6. The molecule has 3 atom stereocenters. The quantitative estimate of drug-likeness (QED) is 0.852. The van der Waals surface area contributed by atoms with Gasteiger partial charge < -0.3 is 10.4 Å². The minimum atomic E-state index is -0.916. The lowest BCUT2D eigenvalue weighted by Crippen LogP contribution is -2.31. The molecule has 1 aliphatic carbocycles. The van der Waals surface area contributed by atoms with Crippen molar-refractivity contribution >= 4 is 23.2 Å². The minimum absolute atomic E-state index is 0.0342. The Balaban J connectivity index is 1.66. The fourth-order valence-electron chi connectivity index (χ4n) is 2.84. The topological polar surface area (TPSA) is 66.4 Å². The number of hydrogen-bond donors (Lipinski definition) is 2. The highest BCUT2D eigenvalue weighted by Gasteiger charge is 2.45. The molecular formula is C18H19NO3S. The van der Waals surface area contributed by atoms with Crippen LogP contribution in [0.4, 0.5) is 0 Å². The summed E-state index contributed by atoms with van der Waals surface area (Å²) in [5, 5.41) is 12.0. The number of carbonyl (C=O) groups excluding carboxylic acids is 1. The third-order valence-corrected chi connectivity index (χ3v) is 5.28. The standard InChI is InChI=1S/C18H19NO3S/c1-11-7-8-16(23-11)13-9-14(13)18(22)19-15(10-17(20)21)12-5-3-2-4-6-12/h2-8,13-15H,9-10H2,1H3,(H,19,22)(H,20,21)/t13-,14+,15-/m1/s1. The average molecular weight is 329 g/mol. The minimum Gasteiger partial charge on any atom is -0.481 e. The van der Waals surface area contributed by atoms with Crippen LogP contribution < -0.4 is 5.32 Å². The van der Waals surface area contributed by atoms with Gasteiger partial charge in [-0.1, -0.05) is 30.3 Å². The normalized spacial score (nSPS) is 20.7. The molecule has 1 amide bonds. The summed E-state index contributed by atoms with van der Waals surface area (Å²) in [4.78, 5) is 26.0. The van der Waals surface area contributed by atoms with Crippen LogP contribution in [0.5, 0.6) is 0 Å². The van der Waals surface area contributed by atoms with Crippen molar-refractivity contribution in [1.82, 2.24) is 5.32 Å². The van der Waals surface area contributed by atoms with Gasteiger partial charge in [0, 0.05) is 21.6 Å². The molecule has 0 unspecified atom stereocenters. The van der Waals surface area contributed by atoms with E-state index in [4.69, 9.17) is 5.11 Å². The SMILES string of the molecule is Cc1ccc([C@@H]2C[C@@H]2C(=O)N[C@H](CC(=O)O)c2ccccc2)s1. The molecule has 0 radical (unpaired) electrons. The molecule has 23 heavy (non-hydrogen) atoms. The zero-order chi connectivity index (χ0) is 16.4. The van der Waals surface area contributed by atoms with Crippen molar-refractivity contribution < 1.29 is 14.7 Å². The summed E-state index contributed by atoms with van der Waals surface area (Å²) in [5.74, 6) is -0.709. The lowest BCUT2D eigenvalue weighted by molar-refractivity contribution is -0.137. The van der Waals surface area contributed by atoms with Crippen LogP contribution in [0.1, 0.15) is 40.1 Å². The van der Waals surface area contributed by atoms with Crippen LogP contribution in [0.15, 0.2) is 42.5 Å². The molecule has 2 N–H and O–H groups in total. The van der Waals surface area contributed by atoms with Crippen LogP contribution in [0.25, 0.3) is 0 Å². The first-order valence-corrected chi connectivity index (χ1v) is 8.49. The summed E-state index contributed by atoms with van der Waals surface area (Å²) in [6.45, 7) is 2.06. The number of nitrogens with one attached hydrogen (secondary N) is 1. The van der Waals surface area contributed by atoms with E-state index in [1.165, 1.54) is 9.75 Å². The number of carbonyl (C=O) groups is 2. The first-order chi connectivity index (χ1) is 11.0. The number of aryl methyl sites for hydroxylation is 1. The van der Waals surface area contributed by atoms with E-state index >= 15 is 0 Å². The van der Waals surface area contributed by atoms with Gasteiger partial charge in [0.05, 0.1) is 12.5 Å². The fraction of sp³-hybridized carbons (Fsp3) is 0.333. The molecule has 1 aromatic heterocycles. The molecule has 0 saturated heterocycles. The van der Waals surface area contributed by atoms with Gasteiger partial charge in [-0.15, -0.1) is 11.3 Å². The Kier molecular flexibility index (Phi) is 4.48. The Bertz CT molecular complexity index is 710. The molecule has 5 heteroatoms. The number of amides is 1. The molecular weight excluding hydrogens is 310 g/mol. The molecule has 120 valence electrons. The largest absolute Gasteiger partial charge is 0.481 e. The highest BCUT2D eigenvalue weighted by atomic mass is 32.1. The number of carboxylic acids is 1. The van der Waals surface area contributed by atoms with Gasteiger partial charge in [-0.25, -0.2) is 0 Å². The monoisotopic (exact) mass is 329 g/mol. The molecule has 0 aliphatic heterocycles. The lowest BCUT2D eigenvalue weighted by Gasteiger charge is -2.17. The van der Waals surface area contributed by atoms with Gasteiger partial charge in [0.15, 0.2) is 0 Å². The van der Waals surface area contributed by atoms with Crippen molar-refractivity contribution in [2.45, 2.75) is 31.7 Å². The van der Waals surface area contributed by atoms with Gasteiger partial charge in [0.1, 0.15) is 0 Å². The van der Waals surface area contributed by atoms with E-state index in [9.17, 15) is 9.59 Å². The molecule has 1 aliphatic rings. The second-order valence-electron chi connectivity index (χ2n) is 5.97. The van der Waals surface area contributed by atoms with Crippen LogP contribution in [0, 0.1) is 12.8 Å². The first kappa shape index (κ1) is 15.7. The van der Waals surface area contributed by atoms with E-state index in [1.807, 2.05) is 30.3 Å². The maximum Gasteiger partial charge on any atom is 0.305 e. The second kappa shape index (κ2) is 6.54. The van der Waals surface area contributed by atoms with Crippen LogP contribution in [0.3, 0.4) is 0 Å². The van der Waals surface area contributed by atoms with Gasteiger partial charge in [0.25, 0.3) is 0 Å². The Morgan fingerprint density at radius 1 is 1.26 bits per heavy atom. The maximum absolute atomic E-state index is 12.5. The molecule has 1 heterocycles. The molecule has 1 aromatic carbocycles. The van der Waals surface area contributed by atoms with E-state index in [0.29, 0.717) is 0 Å². The molecule has 1 saturated carbocycles. The molecule has 2 aromatic rings. The molecule has 0 bridgehead atoms. The van der Waals surface area contributed by atoms with E-state index < -0.39 is 12.0 Å². The van der Waals surface area contributed by atoms with Crippen molar-refractivity contribution in [1.29, 1.82) is 0 Å². The van der Waals surface area contributed by atoms with Crippen molar-refractivity contribution in [2.24, 2.45) is 5.92 Å². The van der Waals surface area contributed by atoms with Gasteiger partial charge in [-0.05, 0) is 31.0 Å². The van der Waals surface area contributed by atoms with Crippen LogP contribution >= 0.6 is 11.3 Å². The summed E-state index contributed by atoms with van der Waals surface area (Å²) < 4.78 is 0. The predicted molar refractivity (Wildman–Crippen MR) is 89.5 cm³/mol. The summed E-state index contributed by atoms with van der Waals surface area (Å²) >= 11 is 1.73. The third kappa shape index (κ3) is 3.79. The Labute approximate surface area is 139 Å². The summed E-state index contributed by atoms with van der Waals surface area (Å²) in [5.41, 5.74) is 0.826. The van der Waals surface area contributed by atoms with Gasteiger partial charge in [-0.2, -0.15) is 0 Å². The third-order valence-electron chi connectivity index (χ3n) is 4.15. The molecule has 0 spiro atoms. The Morgan fingerprint density at radius 3 is 2.61 bits per heavy atom. The van der Waals surface area contributed by atoms with Crippen molar-refractivity contribution in [3.8, 4) is 0 Å². The lowest BCUT2D eigenvalue weighted by atomic mass is 10.0. The zero-order valence-electron chi connectivity index (χ0n) is 12.9. The summed E-state index contributed by atoms with van der Waals surface area (Å²) in [6, 6.07) is 13.0. The van der Waals surface area contributed by atoms with E-state index in [2.05, 4.69) is 24.4 Å². The van der Waals surface area contributed by atoms with Crippen molar-refractivity contribution in [2.75, 3.05) is 0 Å². The second-order valence-corrected chi connectivity index (χ2v) is 7.29. The number of hydrogen-bond acceptors (Lipinski definition) is 3. The zero-order valence-corrected chi connectivity index (χ0v) is 13.7. The highest BCUT2D eigenvalue weighted by Crippen LogP contribution is 2.50. The van der Waals surface area contributed by atoms with Crippen LogP contribution in [-0.2, 0) is 9.59 Å². The highest BCUT2D eigenvalue weighted by molar-refractivity contribution is 7.12. The Hall–Kier alpha value is -2.14. The number of thiophene rings is 1. The molecule has 1 fully saturated rings. The van der Waals surface area contributed by atoms with Gasteiger partial charge >= 0.3 is 5.97 Å². The summed E-state index contributed by atoms with van der Waals surface area (Å²) in [7, 11) is 0. The molecule has 4 nitrogen and oxygen atoms in total. The smallest absolute Gasteiger partial charge is 0.305 e. The first-order valence-electron chi connectivity index (χ1n) is 7.68. The number of aliphatic carboxylic acids is 1. The predicted octanol–water partition coefficient (Wildman–Crippen LogP) is 3.49. The van der Waals surface area contributed by atoms with E-state index in [0.717, 1.165) is 12.0 Å².